The van der Waals surface area contributed by atoms with E-state index in [-0.39, 0.29) is 6.04 Å². The van der Waals surface area contributed by atoms with Crippen LogP contribution in [0.5, 0.6) is 0 Å². The number of likely N-dealkylation sites (tertiary alicyclic amines) is 1. The molecule has 2 aromatic rings. The molecule has 0 bridgehead atoms. The fourth-order valence-electron chi connectivity index (χ4n) is 3.10. The van der Waals surface area contributed by atoms with Crippen LogP contribution in [0, 0.1) is 0 Å². The predicted octanol–water partition coefficient (Wildman–Crippen LogP) is 3.11. The van der Waals surface area contributed by atoms with Crippen molar-refractivity contribution in [3.05, 3.63) is 54.6 Å². The van der Waals surface area contributed by atoms with Gasteiger partial charge in [0, 0.05) is 25.2 Å². The summed E-state index contributed by atoms with van der Waals surface area (Å²) in [5.74, 6) is 0. The molecule has 1 fully saturated rings. The number of rotatable bonds is 5. The fraction of sp³-hybridized carbons (Fsp3) is 0.368. The van der Waals surface area contributed by atoms with Crippen molar-refractivity contribution >= 4 is 10.0 Å². The normalized spacial score (nSPS) is 19.0. The highest BCUT2D eigenvalue weighted by atomic mass is 32.2. The maximum absolute atomic E-state index is 12.6. The summed E-state index contributed by atoms with van der Waals surface area (Å²) in [6.07, 6.45) is 0.861. The van der Waals surface area contributed by atoms with E-state index in [1.807, 2.05) is 42.5 Å². The molecule has 0 unspecified atom stereocenters. The topological polar surface area (TPSA) is 49.4 Å². The molecule has 0 amide bonds. The lowest BCUT2D eigenvalue weighted by molar-refractivity contribution is 0.271. The number of hydrogen-bond acceptors (Lipinski definition) is 3. The Morgan fingerprint density at radius 1 is 1.00 bits per heavy atom. The minimum absolute atomic E-state index is 0.00815. The molecule has 1 heterocycles. The van der Waals surface area contributed by atoms with Crippen LogP contribution in [0.2, 0.25) is 0 Å². The van der Waals surface area contributed by atoms with Crippen molar-refractivity contribution < 1.29 is 8.42 Å². The minimum atomic E-state index is -3.47. The molecule has 24 heavy (non-hydrogen) atoms. The molecule has 4 nitrogen and oxygen atoms in total. The first kappa shape index (κ1) is 17.1. The Morgan fingerprint density at radius 3 is 2.21 bits per heavy atom. The number of sulfonamides is 1. The van der Waals surface area contributed by atoms with Crippen molar-refractivity contribution in [1.82, 2.24) is 9.62 Å². The van der Waals surface area contributed by atoms with Gasteiger partial charge >= 0.3 is 0 Å². The Hall–Kier alpha value is -1.69. The van der Waals surface area contributed by atoms with Crippen LogP contribution in [0.4, 0.5) is 0 Å². The third kappa shape index (κ3) is 3.86. The summed E-state index contributed by atoms with van der Waals surface area (Å²) in [4.78, 5) is 2.62. The van der Waals surface area contributed by atoms with E-state index in [2.05, 4.69) is 23.5 Å². The molecule has 128 valence electrons. The van der Waals surface area contributed by atoms with E-state index in [0.29, 0.717) is 10.9 Å². The Kier molecular flexibility index (Phi) is 5.04. The lowest BCUT2D eigenvalue weighted by Crippen LogP contribution is -2.38. The van der Waals surface area contributed by atoms with Gasteiger partial charge in [-0.15, -0.1) is 0 Å². The summed E-state index contributed by atoms with van der Waals surface area (Å²) in [6, 6.07) is 17.5. The van der Waals surface area contributed by atoms with Gasteiger partial charge in [-0.1, -0.05) is 42.5 Å². The molecule has 0 aliphatic carbocycles. The lowest BCUT2D eigenvalue weighted by Gasteiger charge is -2.20. The van der Waals surface area contributed by atoms with E-state index in [9.17, 15) is 8.42 Å². The fourth-order valence-corrected chi connectivity index (χ4v) is 4.36. The van der Waals surface area contributed by atoms with Gasteiger partial charge in [0.25, 0.3) is 0 Å². The Morgan fingerprint density at radius 2 is 1.62 bits per heavy atom. The zero-order valence-electron chi connectivity index (χ0n) is 14.1. The zero-order chi connectivity index (χ0) is 17.2. The van der Waals surface area contributed by atoms with Crippen LogP contribution in [0.3, 0.4) is 0 Å². The average Bonchev–Trinajstić information content (AvgIpc) is 3.04. The van der Waals surface area contributed by atoms with Gasteiger partial charge in [0.1, 0.15) is 0 Å². The van der Waals surface area contributed by atoms with Crippen LogP contribution in [0.15, 0.2) is 59.5 Å². The quantitative estimate of drug-likeness (QED) is 0.907. The summed E-state index contributed by atoms with van der Waals surface area (Å²) < 4.78 is 28.0. The molecule has 0 saturated carbocycles. The number of hydrogen-bond donors (Lipinski definition) is 1. The number of nitrogens with zero attached hydrogens (tertiary/aromatic N) is 1. The van der Waals surface area contributed by atoms with E-state index in [1.54, 1.807) is 12.1 Å². The van der Waals surface area contributed by atoms with Gasteiger partial charge in [0.2, 0.25) is 10.0 Å². The second-order valence-corrected chi connectivity index (χ2v) is 8.30. The van der Waals surface area contributed by atoms with Gasteiger partial charge in [-0.25, -0.2) is 13.1 Å². The maximum Gasteiger partial charge on any atom is 0.240 e. The first-order valence-corrected chi connectivity index (χ1v) is 9.86. The van der Waals surface area contributed by atoms with Crippen molar-refractivity contribution in [2.75, 3.05) is 13.1 Å². The van der Waals surface area contributed by atoms with Crippen LogP contribution < -0.4 is 4.72 Å². The predicted molar refractivity (Wildman–Crippen MR) is 97.3 cm³/mol. The summed E-state index contributed by atoms with van der Waals surface area (Å²) in [5.41, 5.74) is 2.10. The summed E-state index contributed by atoms with van der Waals surface area (Å²) >= 11 is 0. The van der Waals surface area contributed by atoms with Crippen LogP contribution in [-0.2, 0) is 10.0 Å². The van der Waals surface area contributed by atoms with E-state index < -0.39 is 10.0 Å². The molecular weight excluding hydrogens is 320 g/mol. The highest BCUT2D eigenvalue weighted by Gasteiger charge is 2.28. The molecule has 2 aromatic carbocycles. The second-order valence-electron chi connectivity index (χ2n) is 6.59. The van der Waals surface area contributed by atoms with Crippen LogP contribution in [0.1, 0.15) is 20.3 Å². The molecule has 1 atom stereocenters. The van der Waals surface area contributed by atoms with Crippen LogP contribution in [-0.4, -0.2) is 38.5 Å². The van der Waals surface area contributed by atoms with E-state index >= 15 is 0 Å². The smallest absolute Gasteiger partial charge is 0.240 e. The van der Waals surface area contributed by atoms with Gasteiger partial charge in [-0.3, -0.25) is 4.90 Å². The molecule has 1 saturated heterocycles. The van der Waals surface area contributed by atoms with Crippen molar-refractivity contribution in [3.63, 3.8) is 0 Å². The number of benzene rings is 2. The van der Waals surface area contributed by atoms with Crippen LogP contribution >= 0.6 is 0 Å². The molecule has 0 aromatic heterocycles. The van der Waals surface area contributed by atoms with Gasteiger partial charge in [-0.2, -0.15) is 0 Å². The van der Waals surface area contributed by atoms with Crippen molar-refractivity contribution in [1.29, 1.82) is 0 Å². The molecule has 5 heteroatoms. The Labute approximate surface area is 144 Å². The SMILES string of the molecule is CC(C)N1CC[C@H](NS(=O)(=O)c2ccc(-c3ccccc3)cc2)C1. The third-order valence-electron chi connectivity index (χ3n) is 4.54. The molecule has 1 aliphatic rings. The van der Waals surface area contributed by atoms with Crippen LogP contribution in [0.25, 0.3) is 11.1 Å². The highest BCUT2D eigenvalue weighted by molar-refractivity contribution is 7.89. The number of nitrogens with one attached hydrogen (secondary N) is 1. The largest absolute Gasteiger partial charge is 0.299 e. The van der Waals surface area contributed by atoms with Crippen molar-refractivity contribution in [2.45, 2.75) is 37.2 Å². The van der Waals surface area contributed by atoms with Crippen molar-refractivity contribution in [2.24, 2.45) is 0 Å². The zero-order valence-corrected chi connectivity index (χ0v) is 15.0. The Bertz CT molecular complexity index is 771. The van der Waals surface area contributed by atoms with Crippen molar-refractivity contribution in [3.8, 4) is 11.1 Å². The van der Waals surface area contributed by atoms with E-state index in [4.69, 9.17) is 0 Å². The van der Waals surface area contributed by atoms with Gasteiger partial charge in [0.15, 0.2) is 0 Å². The first-order valence-electron chi connectivity index (χ1n) is 8.37. The molecule has 1 aliphatic heterocycles. The lowest BCUT2D eigenvalue weighted by atomic mass is 10.1. The summed E-state index contributed by atoms with van der Waals surface area (Å²) in [5, 5.41) is 0. The second kappa shape index (κ2) is 7.05. The monoisotopic (exact) mass is 344 g/mol. The summed E-state index contributed by atoms with van der Waals surface area (Å²) in [6.45, 7) is 6.00. The molecule has 1 N–H and O–H groups in total. The molecule has 0 spiro atoms. The molecule has 3 rings (SSSR count). The van der Waals surface area contributed by atoms with E-state index in [0.717, 1.165) is 30.6 Å². The molecule has 0 radical (unpaired) electrons. The van der Waals surface area contributed by atoms with Gasteiger partial charge in [-0.05, 0) is 43.5 Å². The standard InChI is InChI=1S/C19H24N2O2S/c1-15(2)21-13-12-18(14-21)20-24(22,23)19-10-8-17(9-11-19)16-6-4-3-5-7-16/h3-11,15,18,20H,12-14H2,1-2H3/t18-/m0/s1. The highest BCUT2D eigenvalue weighted by Crippen LogP contribution is 2.22. The van der Waals surface area contributed by atoms with E-state index in [1.165, 1.54) is 0 Å². The first-order chi connectivity index (χ1) is 11.5. The Balaban J connectivity index is 1.71. The average molecular weight is 344 g/mol. The van der Waals surface area contributed by atoms with Gasteiger partial charge in [0.05, 0.1) is 4.90 Å². The minimum Gasteiger partial charge on any atom is -0.299 e. The van der Waals surface area contributed by atoms with Gasteiger partial charge < -0.3 is 0 Å². The third-order valence-corrected chi connectivity index (χ3v) is 6.08. The molecular formula is C19H24N2O2S. The maximum atomic E-state index is 12.6. The summed E-state index contributed by atoms with van der Waals surface area (Å²) in [7, 11) is -3.47.